The number of piperazine rings is 1. The van der Waals surface area contributed by atoms with Gasteiger partial charge >= 0.3 is 0 Å². The van der Waals surface area contributed by atoms with Crippen molar-refractivity contribution in [2.45, 2.75) is 16.8 Å². The third-order valence-corrected chi connectivity index (χ3v) is 5.61. The van der Waals surface area contributed by atoms with E-state index in [0.29, 0.717) is 24.3 Å². The van der Waals surface area contributed by atoms with Crippen LogP contribution in [0.15, 0.2) is 52.8 Å². The Morgan fingerprint density at radius 1 is 1.03 bits per heavy atom. The van der Waals surface area contributed by atoms with Gasteiger partial charge in [0.25, 0.3) is 0 Å². The van der Waals surface area contributed by atoms with E-state index in [0.717, 1.165) is 41.8 Å². The van der Waals surface area contributed by atoms with Crippen LogP contribution in [-0.2, 0) is 0 Å². The van der Waals surface area contributed by atoms with Crippen LogP contribution in [0.4, 0.5) is 17.6 Å². The number of nitrogens with zero attached hydrogens (tertiary/aromatic N) is 7. The number of β-amino-alcohol motifs (C(OH)–C–C–N with tert-alkyl or cyclic N) is 1. The molecule has 2 N–H and O–H groups in total. The van der Waals surface area contributed by atoms with Gasteiger partial charge in [0, 0.05) is 55.7 Å². The fraction of sp³-hybridized carbons (Fsp3) is 0.350. The van der Waals surface area contributed by atoms with Gasteiger partial charge in [0.1, 0.15) is 10.9 Å². The van der Waals surface area contributed by atoms with Gasteiger partial charge in [-0.2, -0.15) is 15.0 Å². The third kappa shape index (κ3) is 5.41. The van der Waals surface area contributed by atoms with Crippen LogP contribution in [0, 0.1) is 6.92 Å². The Balaban J connectivity index is 1.41. The van der Waals surface area contributed by atoms with Gasteiger partial charge in [-0.05, 0) is 31.2 Å². The summed E-state index contributed by atoms with van der Waals surface area (Å²) >= 11 is 1.56. The Hall–Kier alpha value is -2.82. The summed E-state index contributed by atoms with van der Waals surface area (Å²) in [6.07, 6.45) is 5.10. The van der Waals surface area contributed by atoms with Crippen molar-refractivity contribution in [1.82, 2.24) is 29.8 Å². The molecule has 156 valence electrons. The zero-order valence-corrected chi connectivity index (χ0v) is 17.6. The third-order valence-electron chi connectivity index (χ3n) is 4.68. The number of benzene rings is 1. The van der Waals surface area contributed by atoms with Crippen molar-refractivity contribution in [3.8, 4) is 0 Å². The van der Waals surface area contributed by atoms with Gasteiger partial charge in [-0.15, -0.1) is 0 Å². The Bertz CT molecular complexity index is 949. The molecule has 10 heteroatoms. The molecule has 0 atom stereocenters. The van der Waals surface area contributed by atoms with E-state index in [1.165, 1.54) is 0 Å². The monoisotopic (exact) mass is 424 g/mol. The highest BCUT2D eigenvalue weighted by atomic mass is 32.2. The molecule has 1 aliphatic rings. The molecule has 1 saturated heterocycles. The molecule has 1 fully saturated rings. The lowest BCUT2D eigenvalue weighted by molar-refractivity contribution is 0.188. The molecule has 0 saturated carbocycles. The van der Waals surface area contributed by atoms with Crippen LogP contribution in [-0.4, -0.2) is 74.3 Å². The van der Waals surface area contributed by atoms with Crippen LogP contribution >= 0.6 is 11.8 Å². The Morgan fingerprint density at radius 3 is 2.53 bits per heavy atom. The average Bonchev–Trinajstić information content (AvgIpc) is 2.76. The van der Waals surface area contributed by atoms with Crippen LogP contribution in [0.3, 0.4) is 0 Å². The number of hydrogen-bond acceptors (Lipinski definition) is 10. The summed E-state index contributed by atoms with van der Waals surface area (Å²) in [6.45, 7) is 6.21. The van der Waals surface area contributed by atoms with Crippen LogP contribution < -0.4 is 10.2 Å². The van der Waals surface area contributed by atoms with Gasteiger partial charge in [0.15, 0.2) is 0 Å². The molecule has 0 bridgehead atoms. The zero-order valence-electron chi connectivity index (χ0n) is 16.8. The lowest BCUT2D eigenvalue weighted by Gasteiger charge is -2.34. The first kappa shape index (κ1) is 20.5. The predicted molar refractivity (Wildman–Crippen MR) is 116 cm³/mol. The van der Waals surface area contributed by atoms with E-state index < -0.39 is 0 Å². The Morgan fingerprint density at radius 2 is 1.83 bits per heavy atom. The van der Waals surface area contributed by atoms with E-state index in [1.54, 1.807) is 30.4 Å². The molecule has 1 aromatic carbocycles. The molecule has 0 amide bonds. The topological polar surface area (TPSA) is 103 Å². The van der Waals surface area contributed by atoms with Gasteiger partial charge in [0.05, 0.1) is 12.8 Å². The van der Waals surface area contributed by atoms with Gasteiger partial charge < -0.3 is 15.3 Å². The standard InChI is InChI=1S/C20H24N8OS/c1-15-23-19(26-20(24-15)28-10-8-27(9-11-28)12-13-29)25-16-2-4-17(5-3-16)30-18-14-21-6-7-22-18/h2-7,14,29H,8-13H2,1H3,(H,23,24,25,26). The predicted octanol–water partition coefficient (Wildman–Crippen LogP) is 1.98. The van der Waals surface area contributed by atoms with E-state index in [2.05, 4.69) is 40.0 Å². The van der Waals surface area contributed by atoms with Crippen molar-refractivity contribution < 1.29 is 5.11 Å². The zero-order chi connectivity index (χ0) is 20.8. The molecule has 2 aromatic heterocycles. The van der Waals surface area contributed by atoms with E-state index in [-0.39, 0.29) is 6.61 Å². The van der Waals surface area contributed by atoms with E-state index >= 15 is 0 Å². The Kier molecular flexibility index (Phi) is 6.67. The summed E-state index contributed by atoms with van der Waals surface area (Å²) < 4.78 is 0. The molecule has 1 aliphatic heterocycles. The van der Waals surface area contributed by atoms with Gasteiger partial charge in [-0.3, -0.25) is 9.88 Å². The van der Waals surface area contributed by atoms with Gasteiger partial charge in [0.2, 0.25) is 11.9 Å². The number of aliphatic hydroxyl groups is 1. The van der Waals surface area contributed by atoms with Crippen LogP contribution in [0.1, 0.15) is 5.82 Å². The molecule has 3 heterocycles. The summed E-state index contributed by atoms with van der Waals surface area (Å²) in [5.74, 6) is 1.89. The number of nitrogens with one attached hydrogen (secondary N) is 1. The van der Waals surface area contributed by atoms with E-state index in [9.17, 15) is 0 Å². The summed E-state index contributed by atoms with van der Waals surface area (Å²) in [5.41, 5.74) is 0.905. The second kappa shape index (κ2) is 9.79. The summed E-state index contributed by atoms with van der Waals surface area (Å²) in [7, 11) is 0. The highest BCUT2D eigenvalue weighted by Gasteiger charge is 2.19. The minimum atomic E-state index is 0.189. The maximum Gasteiger partial charge on any atom is 0.232 e. The molecular weight excluding hydrogens is 400 g/mol. The fourth-order valence-electron chi connectivity index (χ4n) is 3.17. The van der Waals surface area contributed by atoms with Crippen molar-refractivity contribution in [2.24, 2.45) is 0 Å². The molecule has 3 aromatic rings. The highest BCUT2D eigenvalue weighted by Crippen LogP contribution is 2.27. The normalized spacial score (nSPS) is 14.7. The molecule has 4 rings (SSSR count). The quantitative estimate of drug-likeness (QED) is 0.585. The molecule has 30 heavy (non-hydrogen) atoms. The minimum absolute atomic E-state index is 0.189. The van der Waals surface area contributed by atoms with Crippen LogP contribution in [0.25, 0.3) is 0 Å². The second-order valence-corrected chi connectivity index (χ2v) is 7.95. The number of rotatable bonds is 7. The molecule has 0 radical (unpaired) electrons. The molecular formula is C20H24N8OS. The van der Waals surface area contributed by atoms with E-state index in [1.807, 2.05) is 31.2 Å². The summed E-state index contributed by atoms with van der Waals surface area (Å²) in [4.78, 5) is 27.4. The number of aliphatic hydroxyl groups excluding tert-OH is 1. The first-order valence-corrected chi connectivity index (χ1v) is 10.6. The lowest BCUT2D eigenvalue weighted by atomic mass is 10.3. The first-order chi connectivity index (χ1) is 14.7. The highest BCUT2D eigenvalue weighted by molar-refractivity contribution is 7.99. The lowest BCUT2D eigenvalue weighted by Crippen LogP contribution is -2.47. The van der Waals surface area contributed by atoms with Gasteiger partial charge in [-0.1, -0.05) is 11.8 Å². The average molecular weight is 425 g/mol. The molecule has 9 nitrogen and oxygen atoms in total. The number of anilines is 3. The largest absolute Gasteiger partial charge is 0.395 e. The first-order valence-electron chi connectivity index (χ1n) is 9.81. The maximum absolute atomic E-state index is 9.10. The van der Waals surface area contributed by atoms with Gasteiger partial charge in [-0.25, -0.2) is 4.98 Å². The number of aromatic nitrogens is 5. The fourth-order valence-corrected chi connectivity index (χ4v) is 3.91. The van der Waals surface area contributed by atoms with Crippen molar-refractivity contribution in [2.75, 3.05) is 49.5 Å². The van der Waals surface area contributed by atoms with Crippen molar-refractivity contribution in [1.29, 1.82) is 0 Å². The smallest absolute Gasteiger partial charge is 0.232 e. The SMILES string of the molecule is Cc1nc(Nc2ccc(Sc3cnccn3)cc2)nc(N2CCN(CCO)CC2)n1. The van der Waals surface area contributed by atoms with Crippen LogP contribution in [0.2, 0.25) is 0 Å². The van der Waals surface area contributed by atoms with Crippen molar-refractivity contribution in [3.63, 3.8) is 0 Å². The summed E-state index contributed by atoms with van der Waals surface area (Å²) in [5, 5.41) is 13.2. The minimum Gasteiger partial charge on any atom is -0.395 e. The summed E-state index contributed by atoms with van der Waals surface area (Å²) in [6, 6.07) is 8.03. The maximum atomic E-state index is 9.10. The number of aryl methyl sites for hydroxylation is 1. The van der Waals surface area contributed by atoms with Crippen molar-refractivity contribution in [3.05, 3.63) is 48.7 Å². The number of hydrogen-bond donors (Lipinski definition) is 2. The molecule has 0 aliphatic carbocycles. The van der Waals surface area contributed by atoms with E-state index in [4.69, 9.17) is 5.11 Å². The second-order valence-electron chi connectivity index (χ2n) is 6.85. The molecule has 0 spiro atoms. The van der Waals surface area contributed by atoms with Crippen LogP contribution in [0.5, 0.6) is 0 Å². The Labute approximate surface area is 179 Å². The van der Waals surface area contributed by atoms with Crippen molar-refractivity contribution >= 4 is 29.3 Å². The molecule has 0 unspecified atom stereocenters.